The van der Waals surface area contributed by atoms with Gasteiger partial charge in [-0.15, -0.1) is 0 Å². The van der Waals surface area contributed by atoms with E-state index in [1.165, 1.54) is 35.1 Å². The largest absolute Gasteiger partial charge is 0.467 e. The van der Waals surface area contributed by atoms with Crippen molar-refractivity contribution in [3.05, 3.63) is 35.6 Å². The second-order valence-corrected chi connectivity index (χ2v) is 8.69. The zero-order valence-corrected chi connectivity index (χ0v) is 17.6. The fraction of sp³-hybridized carbons (Fsp3) is 0.565. The molecule has 1 aromatic carbocycles. The maximum atomic E-state index is 14.9. The molecule has 0 unspecified atom stereocenters. The Hall–Kier alpha value is -2.77. The van der Waals surface area contributed by atoms with Crippen molar-refractivity contribution in [1.29, 1.82) is 0 Å². The summed E-state index contributed by atoms with van der Waals surface area (Å²) in [5.74, 6) is -2.43. The summed E-state index contributed by atoms with van der Waals surface area (Å²) in [6.07, 6.45) is 3.85. The summed E-state index contributed by atoms with van der Waals surface area (Å²) < 4.78 is 19.7. The highest BCUT2D eigenvalue weighted by atomic mass is 19.1. The van der Waals surface area contributed by atoms with Crippen molar-refractivity contribution >= 4 is 23.7 Å². The number of methoxy groups -OCH3 is 1. The van der Waals surface area contributed by atoms with E-state index in [1.807, 2.05) is 0 Å². The first-order valence-corrected chi connectivity index (χ1v) is 10.9. The Kier molecular flexibility index (Phi) is 5.81. The van der Waals surface area contributed by atoms with Crippen LogP contribution in [0, 0.1) is 5.82 Å². The number of ether oxygens (including phenoxy) is 1. The highest BCUT2D eigenvalue weighted by molar-refractivity contribution is 6.11. The smallest absolute Gasteiger partial charge is 0.328 e. The fourth-order valence-corrected chi connectivity index (χ4v) is 5.39. The van der Waals surface area contributed by atoms with E-state index in [0.29, 0.717) is 19.4 Å². The van der Waals surface area contributed by atoms with Gasteiger partial charge in [0.1, 0.15) is 11.9 Å². The Morgan fingerprint density at radius 3 is 2.52 bits per heavy atom. The molecule has 2 aliphatic heterocycles. The predicted molar refractivity (Wildman–Crippen MR) is 108 cm³/mol. The monoisotopic (exact) mass is 430 g/mol. The molecule has 2 atom stereocenters. The number of hydrogen-bond acceptors (Lipinski definition) is 5. The van der Waals surface area contributed by atoms with Crippen LogP contribution in [-0.4, -0.2) is 59.2 Å². The van der Waals surface area contributed by atoms with Crippen LogP contribution in [0.3, 0.4) is 0 Å². The van der Waals surface area contributed by atoms with Gasteiger partial charge in [0, 0.05) is 31.0 Å². The molecule has 8 heteroatoms. The molecule has 2 heterocycles. The summed E-state index contributed by atoms with van der Waals surface area (Å²) in [6.45, 7) is 0.362. The van der Waals surface area contributed by atoms with Crippen molar-refractivity contribution in [1.82, 2.24) is 9.80 Å². The summed E-state index contributed by atoms with van der Waals surface area (Å²) in [5, 5.41) is 0. The average molecular weight is 430 g/mol. The number of hydrogen-bond donors (Lipinski definition) is 0. The van der Waals surface area contributed by atoms with Gasteiger partial charge in [0.05, 0.1) is 12.5 Å². The second-order valence-electron chi connectivity index (χ2n) is 8.69. The van der Waals surface area contributed by atoms with Gasteiger partial charge in [0.15, 0.2) is 0 Å². The Morgan fingerprint density at radius 2 is 1.84 bits per heavy atom. The Bertz CT molecular complexity index is 913. The number of carbonyl (C=O) groups excluding carboxylic acids is 4. The first-order chi connectivity index (χ1) is 14.9. The van der Waals surface area contributed by atoms with Gasteiger partial charge in [-0.2, -0.15) is 0 Å². The van der Waals surface area contributed by atoms with Crippen LogP contribution >= 0.6 is 0 Å². The molecular weight excluding hydrogens is 403 g/mol. The number of halogens is 1. The summed E-state index contributed by atoms with van der Waals surface area (Å²) >= 11 is 0. The number of nitrogens with zero attached hydrogens (tertiary/aromatic N) is 2. The van der Waals surface area contributed by atoms with Crippen molar-refractivity contribution in [3.8, 4) is 0 Å². The molecule has 166 valence electrons. The van der Waals surface area contributed by atoms with E-state index >= 15 is 0 Å². The molecule has 4 rings (SSSR count). The Labute approximate surface area is 180 Å². The highest BCUT2D eigenvalue weighted by Crippen LogP contribution is 2.44. The minimum absolute atomic E-state index is 0.0658. The number of likely N-dealkylation sites (tertiary alicyclic amines) is 2. The van der Waals surface area contributed by atoms with Crippen molar-refractivity contribution in [2.45, 2.75) is 68.9 Å². The van der Waals surface area contributed by atoms with Crippen LogP contribution in [0.2, 0.25) is 0 Å². The van der Waals surface area contributed by atoms with E-state index in [1.54, 1.807) is 6.07 Å². The normalized spacial score (nSPS) is 26.7. The molecule has 0 aromatic heterocycles. The molecular formula is C23H27FN2O5. The standard InChI is InChI=1S/C23H27FN2O5/c1-31-21(29)18-11-6-12-25(18)19(27)13-23(16-9-4-5-10-17(16)24)14-20(28)26(22(23)30)15-7-2-3-8-15/h4-5,9-10,15,18H,2-3,6-8,11-14H2,1H3/t18-,23-/m0/s1. The highest BCUT2D eigenvalue weighted by Gasteiger charge is 2.57. The lowest BCUT2D eigenvalue weighted by Gasteiger charge is -2.32. The molecule has 3 fully saturated rings. The van der Waals surface area contributed by atoms with Crippen LogP contribution in [0.1, 0.15) is 56.9 Å². The number of imide groups is 1. The van der Waals surface area contributed by atoms with Gasteiger partial charge >= 0.3 is 5.97 Å². The molecule has 0 N–H and O–H groups in total. The van der Waals surface area contributed by atoms with Gasteiger partial charge in [0.25, 0.3) is 0 Å². The van der Waals surface area contributed by atoms with Crippen LogP contribution in [0.5, 0.6) is 0 Å². The van der Waals surface area contributed by atoms with Gasteiger partial charge < -0.3 is 9.64 Å². The summed E-state index contributed by atoms with van der Waals surface area (Å²) in [7, 11) is 1.27. The van der Waals surface area contributed by atoms with Crippen LogP contribution in [0.4, 0.5) is 4.39 Å². The van der Waals surface area contributed by atoms with E-state index in [0.717, 1.165) is 25.7 Å². The molecule has 3 aliphatic rings. The van der Waals surface area contributed by atoms with E-state index in [4.69, 9.17) is 4.74 Å². The lowest BCUT2D eigenvalue weighted by molar-refractivity contribution is -0.152. The topological polar surface area (TPSA) is 84.0 Å². The van der Waals surface area contributed by atoms with Crippen molar-refractivity contribution in [3.63, 3.8) is 0 Å². The molecule has 0 spiro atoms. The van der Waals surface area contributed by atoms with Crippen LogP contribution < -0.4 is 0 Å². The minimum Gasteiger partial charge on any atom is -0.467 e. The molecule has 7 nitrogen and oxygen atoms in total. The molecule has 0 radical (unpaired) electrons. The third-order valence-corrected chi connectivity index (χ3v) is 6.93. The fourth-order valence-electron chi connectivity index (χ4n) is 5.39. The van der Waals surface area contributed by atoms with Gasteiger partial charge in [-0.3, -0.25) is 19.3 Å². The number of benzene rings is 1. The van der Waals surface area contributed by atoms with Gasteiger partial charge in [-0.1, -0.05) is 31.0 Å². The number of carbonyl (C=O) groups is 4. The van der Waals surface area contributed by atoms with Crippen molar-refractivity contribution < 1.29 is 28.3 Å². The molecule has 0 bridgehead atoms. The first-order valence-electron chi connectivity index (χ1n) is 10.9. The van der Waals surface area contributed by atoms with Crippen LogP contribution in [0.15, 0.2) is 24.3 Å². The Balaban J connectivity index is 1.70. The molecule has 31 heavy (non-hydrogen) atoms. The molecule has 1 aliphatic carbocycles. The number of amides is 3. The Morgan fingerprint density at radius 1 is 1.13 bits per heavy atom. The van der Waals surface area contributed by atoms with E-state index in [2.05, 4.69) is 0 Å². The molecule has 1 saturated carbocycles. The van der Waals surface area contributed by atoms with Crippen molar-refractivity contribution in [2.24, 2.45) is 0 Å². The van der Waals surface area contributed by atoms with Gasteiger partial charge in [-0.25, -0.2) is 9.18 Å². The zero-order valence-electron chi connectivity index (χ0n) is 17.6. The van der Waals surface area contributed by atoms with Crippen LogP contribution in [0.25, 0.3) is 0 Å². The minimum atomic E-state index is -1.59. The third kappa shape index (κ3) is 3.62. The average Bonchev–Trinajstić information content (AvgIpc) is 3.49. The maximum Gasteiger partial charge on any atom is 0.328 e. The predicted octanol–water partition coefficient (Wildman–Crippen LogP) is 2.32. The summed E-state index contributed by atoms with van der Waals surface area (Å²) in [6, 6.07) is 4.93. The third-order valence-electron chi connectivity index (χ3n) is 6.93. The lowest BCUT2D eigenvalue weighted by atomic mass is 9.75. The summed E-state index contributed by atoms with van der Waals surface area (Å²) in [4.78, 5) is 54.8. The zero-order chi connectivity index (χ0) is 22.2. The first kappa shape index (κ1) is 21.5. The van der Waals surface area contributed by atoms with Gasteiger partial charge in [0.2, 0.25) is 17.7 Å². The van der Waals surface area contributed by atoms with Gasteiger partial charge in [-0.05, 0) is 31.7 Å². The maximum absolute atomic E-state index is 14.9. The van der Waals surface area contributed by atoms with E-state index in [9.17, 15) is 23.6 Å². The SMILES string of the molecule is COC(=O)[C@@H]1CCCN1C(=O)C[C@@]1(c2ccccc2F)CC(=O)N(C2CCCC2)C1=O. The quantitative estimate of drug-likeness (QED) is 0.529. The second kappa shape index (κ2) is 8.40. The number of esters is 1. The van der Waals surface area contributed by atoms with E-state index < -0.39 is 35.1 Å². The molecule has 3 amide bonds. The number of rotatable bonds is 5. The summed E-state index contributed by atoms with van der Waals surface area (Å²) in [5.41, 5.74) is -1.53. The van der Waals surface area contributed by atoms with Crippen molar-refractivity contribution in [2.75, 3.05) is 13.7 Å². The van der Waals surface area contributed by atoms with Crippen LogP contribution in [-0.2, 0) is 29.3 Å². The lowest BCUT2D eigenvalue weighted by Crippen LogP contribution is -2.48. The molecule has 2 saturated heterocycles. The molecule has 1 aromatic rings. The van der Waals surface area contributed by atoms with E-state index in [-0.39, 0.29) is 30.4 Å².